The first-order valence-corrected chi connectivity index (χ1v) is 18.1. The van der Waals surface area contributed by atoms with Gasteiger partial charge in [0, 0.05) is 28.4 Å². The van der Waals surface area contributed by atoms with Gasteiger partial charge in [0.1, 0.15) is 18.2 Å². The average Bonchev–Trinajstić information content (AvgIpc) is 3.30. The number of hydrogen-bond donors (Lipinski definition) is 1. The van der Waals surface area contributed by atoms with E-state index in [4.69, 9.17) is 25.2 Å². The molecule has 0 radical (unpaired) electrons. The summed E-state index contributed by atoms with van der Waals surface area (Å²) in [5, 5.41) is 0.687. The zero-order valence-corrected chi connectivity index (χ0v) is 29.5. The number of anilines is 1. The van der Waals surface area contributed by atoms with Gasteiger partial charge in [-0.05, 0) is 83.9 Å². The Hall–Kier alpha value is -3.19. The van der Waals surface area contributed by atoms with Gasteiger partial charge in [0.25, 0.3) is 0 Å². The number of hydrogen-bond acceptors (Lipinski definition) is 8. The van der Waals surface area contributed by atoms with E-state index in [0.717, 1.165) is 12.1 Å². The second kappa shape index (κ2) is 13.7. The third-order valence-corrected chi connectivity index (χ3v) is 10.0. The quantitative estimate of drug-likeness (QED) is 0.114. The van der Waals surface area contributed by atoms with Crippen molar-refractivity contribution in [3.63, 3.8) is 0 Å². The first-order valence-electron chi connectivity index (χ1n) is 14.6. The van der Waals surface area contributed by atoms with Crippen LogP contribution in [-0.2, 0) is 34.9 Å². The van der Waals surface area contributed by atoms with Crippen LogP contribution in [0, 0.1) is 11.6 Å². The van der Waals surface area contributed by atoms with Crippen molar-refractivity contribution in [3.8, 4) is 11.1 Å². The molecule has 0 aliphatic rings. The molecule has 47 heavy (non-hydrogen) atoms. The van der Waals surface area contributed by atoms with Crippen molar-refractivity contribution in [2.45, 2.75) is 72.8 Å². The molecule has 0 fully saturated rings. The Morgan fingerprint density at radius 1 is 1.00 bits per heavy atom. The van der Waals surface area contributed by atoms with E-state index in [1.54, 1.807) is 78.8 Å². The highest BCUT2D eigenvalue weighted by atomic mass is 35.5. The number of ketones is 1. The topological polar surface area (TPSA) is 126 Å². The Labute approximate surface area is 278 Å². The Kier molecular flexibility index (Phi) is 10.7. The van der Waals surface area contributed by atoms with Crippen LogP contribution in [0.2, 0.25) is 5.02 Å². The van der Waals surface area contributed by atoms with Gasteiger partial charge in [-0.15, -0.1) is 0 Å². The Bertz CT molecular complexity index is 1930. The molecule has 0 aliphatic carbocycles. The molecule has 0 saturated carbocycles. The van der Waals surface area contributed by atoms with Crippen molar-refractivity contribution in [1.29, 1.82) is 0 Å². The van der Waals surface area contributed by atoms with Crippen molar-refractivity contribution >= 4 is 52.0 Å². The number of aromatic nitrogens is 2. The van der Waals surface area contributed by atoms with Crippen molar-refractivity contribution in [2.24, 2.45) is 0 Å². The molecule has 2 aromatic carbocycles. The van der Waals surface area contributed by atoms with Gasteiger partial charge < -0.3 is 4.57 Å². The second-order valence-corrected chi connectivity index (χ2v) is 16.6. The lowest BCUT2D eigenvalue weighted by Crippen LogP contribution is -2.25. The maximum Gasteiger partial charge on any atom is 0.477 e. The number of phosphoric acid groups is 1. The van der Waals surface area contributed by atoms with E-state index in [-0.39, 0.29) is 28.8 Å². The molecule has 0 amide bonds. The van der Waals surface area contributed by atoms with Gasteiger partial charge in [-0.3, -0.25) is 23.1 Å². The SMILES string of the molecule is CCCS(=O)(=O)Nc1ccc(F)c(C(=O)c2cn(COP(=O)(OC(C)(C)C)OC(C)(C)C)c3ncc(-c4ccc(Cl)cc4)cc23)c1F. The maximum atomic E-state index is 15.7. The number of nitrogens with zero attached hydrogens (tertiary/aromatic N) is 2. The number of fused-ring (bicyclic) bond motifs is 1. The normalized spacial score (nSPS) is 12.9. The molecule has 0 atom stereocenters. The number of pyridine rings is 1. The van der Waals surface area contributed by atoms with E-state index >= 15 is 8.78 Å². The zero-order chi connectivity index (χ0) is 34.9. The lowest BCUT2D eigenvalue weighted by molar-refractivity contribution is -0.00568. The van der Waals surface area contributed by atoms with Crippen LogP contribution >= 0.6 is 19.4 Å². The van der Waals surface area contributed by atoms with Crippen LogP contribution in [-0.4, -0.2) is 40.7 Å². The highest BCUT2D eigenvalue weighted by molar-refractivity contribution is 7.92. The highest BCUT2D eigenvalue weighted by Gasteiger charge is 2.38. The lowest BCUT2D eigenvalue weighted by atomic mass is 10.00. The molecule has 2 aromatic heterocycles. The Morgan fingerprint density at radius 3 is 2.19 bits per heavy atom. The standard InChI is InChI=1S/C32H37ClF2N3O7PS/c1-8-15-47(41,42)37-26-14-13-25(34)27(28(26)35)29(39)24-18-38(19-43-46(40,44-31(2,3)4)45-32(5,6)7)30-23(24)16-21(17-36-30)20-9-11-22(33)12-10-20/h9-14,16-18,37H,8,15,19H2,1-7H3. The number of halogens is 3. The molecule has 0 bridgehead atoms. The summed E-state index contributed by atoms with van der Waals surface area (Å²) in [4.78, 5) is 18.5. The number of sulfonamides is 1. The molecule has 15 heteroatoms. The average molecular weight is 712 g/mol. The fraction of sp³-hybridized carbons (Fsp3) is 0.375. The maximum absolute atomic E-state index is 15.7. The van der Waals surface area contributed by atoms with Crippen LogP contribution in [0.25, 0.3) is 22.2 Å². The number of carbonyl (C=O) groups excluding carboxylic acids is 1. The fourth-order valence-corrected chi connectivity index (χ4v) is 7.60. The first kappa shape index (κ1) is 36.6. The van der Waals surface area contributed by atoms with Gasteiger partial charge in [-0.2, -0.15) is 0 Å². The van der Waals surface area contributed by atoms with Gasteiger partial charge >= 0.3 is 7.82 Å². The molecule has 0 saturated heterocycles. The zero-order valence-electron chi connectivity index (χ0n) is 27.1. The van der Waals surface area contributed by atoms with Crippen molar-refractivity contribution in [1.82, 2.24) is 9.55 Å². The van der Waals surface area contributed by atoms with E-state index in [9.17, 15) is 17.8 Å². The number of carbonyl (C=O) groups is 1. The first-order chi connectivity index (χ1) is 21.7. The van der Waals surface area contributed by atoms with E-state index in [1.165, 1.54) is 17.0 Å². The van der Waals surface area contributed by atoms with Gasteiger partial charge in [0.05, 0.1) is 33.8 Å². The summed E-state index contributed by atoms with van der Waals surface area (Å²) in [6.45, 7) is 11.2. The third-order valence-electron chi connectivity index (χ3n) is 6.32. The number of nitrogens with one attached hydrogen (secondary N) is 1. The summed E-state index contributed by atoms with van der Waals surface area (Å²) in [5.41, 5.74) is -2.17. The van der Waals surface area contributed by atoms with Crippen molar-refractivity contribution in [3.05, 3.63) is 82.6 Å². The predicted molar refractivity (Wildman–Crippen MR) is 178 cm³/mol. The molecule has 0 unspecified atom stereocenters. The van der Waals surface area contributed by atoms with Gasteiger partial charge in [-0.1, -0.05) is 30.7 Å². The second-order valence-electron chi connectivity index (χ2n) is 12.8. The monoisotopic (exact) mass is 711 g/mol. The fourth-order valence-electron chi connectivity index (χ4n) is 4.59. The Morgan fingerprint density at radius 2 is 1.62 bits per heavy atom. The third kappa shape index (κ3) is 9.25. The van der Waals surface area contributed by atoms with E-state index in [0.29, 0.717) is 16.1 Å². The van der Waals surface area contributed by atoms with Crippen LogP contribution < -0.4 is 4.72 Å². The van der Waals surface area contributed by atoms with Gasteiger partial charge in [0.2, 0.25) is 15.8 Å². The van der Waals surface area contributed by atoms with Crippen molar-refractivity contribution in [2.75, 3.05) is 10.5 Å². The van der Waals surface area contributed by atoms with E-state index < -0.39 is 64.4 Å². The molecular weight excluding hydrogens is 675 g/mol. The molecule has 4 rings (SSSR count). The van der Waals surface area contributed by atoms with Crippen LogP contribution in [0.4, 0.5) is 14.5 Å². The molecule has 254 valence electrons. The van der Waals surface area contributed by atoms with Crippen LogP contribution in [0.15, 0.2) is 54.9 Å². The molecule has 1 N–H and O–H groups in total. The molecule has 4 aromatic rings. The minimum absolute atomic E-state index is 0.157. The van der Waals surface area contributed by atoms with Crippen LogP contribution in [0.1, 0.15) is 70.8 Å². The summed E-state index contributed by atoms with van der Waals surface area (Å²) in [5.74, 6) is -3.97. The summed E-state index contributed by atoms with van der Waals surface area (Å²) in [7, 11) is -8.18. The minimum Gasteiger partial charge on any atom is -0.307 e. The van der Waals surface area contributed by atoms with Crippen molar-refractivity contribution < 1.29 is 40.1 Å². The van der Waals surface area contributed by atoms with Crippen LogP contribution in [0.5, 0.6) is 0 Å². The number of phosphoric ester groups is 1. The van der Waals surface area contributed by atoms with Gasteiger partial charge in [-0.25, -0.2) is 26.7 Å². The summed E-state index contributed by atoms with van der Waals surface area (Å²) < 4.78 is 89.9. The number of rotatable bonds is 12. The van der Waals surface area contributed by atoms with E-state index in [2.05, 4.69) is 9.71 Å². The summed E-state index contributed by atoms with van der Waals surface area (Å²) in [6.07, 6.45) is 3.04. The number of benzene rings is 2. The molecular formula is C32H37ClF2N3O7PS. The van der Waals surface area contributed by atoms with Crippen LogP contribution in [0.3, 0.4) is 0 Å². The summed E-state index contributed by atoms with van der Waals surface area (Å²) >= 11 is 6.05. The highest BCUT2D eigenvalue weighted by Crippen LogP contribution is 2.55. The smallest absolute Gasteiger partial charge is 0.307 e. The molecule has 2 heterocycles. The lowest BCUT2D eigenvalue weighted by Gasteiger charge is -2.30. The Balaban J connectivity index is 1.85. The summed E-state index contributed by atoms with van der Waals surface area (Å²) in [6, 6.07) is 10.1. The van der Waals surface area contributed by atoms with E-state index in [1.807, 2.05) is 0 Å². The van der Waals surface area contributed by atoms with Gasteiger partial charge in [0.15, 0.2) is 5.82 Å². The predicted octanol–water partition coefficient (Wildman–Crippen LogP) is 8.73. The minimum atomic E-state index is -4.22. The molecule has 0 aliphatic heterocycles. The molecule has 10 nitrogen and oxygen atoms in total. The largest absolute Gasteiger partial charge is 0.477 e. The molecule has 0 spiro atoms.